The molecule has 0 saturated heterocycles. The van der Waals surface area contributed by atoms with Gasteiger partial charge in [-0.05, 0) is 36.8 Å². The summed E-state index contributed by atoms with van der Waals surface area (Å²) in [6.45, 7) is 1.89. The van der Waals surface area contributed by atoms with Crippen molar-refractivity contribution in [2.45, 2.75) is 6.92 Å². The van der Waals surface area contributed by atoms with Gasteiger partial charge in [-0.25, -0.2) is 0 Å². The minimum absolute atomic E-state index is 0.00636. The summed E-state index contributed by atoms with van der Waals surface area (Å²) in [5, 5.41) is 29.8. The lowest BCUT2D eigenvalue weighted by atomic mass is 10.0. The van der Waals surface area contributed by atoms with Crippen LogP contribution in [-0.2, 0) is 0 Å². The van der Waals surface area contributed by atoms with Crippen molar-refractivity contribution in [1.82, 2.24) is 14.8 Å². The number of hydrogen-bond donors (Lipinski definition) is 2. The lowest BCUT2D eigenvalue weighted by Crippen LogP contribution is -2.03. The zero-order valence-corrected chi connectivity index (χ0v) is 16.3. The summed E-state index contributed by atoms with van der Waals surface area (Å²) in [6.07, 6.45) is 0. The van der Waals surface area contributed by atoms with Gasteiger partial charge in [0, 0.05) is 9.90 Å². The van der Waals surface area contributed by atoms with Crippen LogP contribution < -0.4 is 0 Å². The molecule has 136 valence electrons. The van der Waals surface area contributed by atoms with Crippen LogP contribution in [0.15, 0.2) is 41.9 Å². The monoisotopic (exact) mass is 417 g/mol. The molecule has 4 rings (SSSR count). The Morgan fingerprint density at radius 1 is 1.15 bits per heavy atom. The molecule has 1 aromatic carbocycles. The van der Waals surface area contributed by atoms with Crippen molar-refractivity contribution in [3.05, 3.63) is 62.2 Å². The fourth-order valence-corrected chi connectivity index (χ4v) is 4.28. The van der Waals surface area contributed by atoms with Crippen LogP contribution in [0.4, 0.5) is 0 Å². The first kappa shape index (κ1) is 17.7. The van der Waals surface area contributed by atoms with E-state index in [0.29, 0.717) is 26.3 Å². The van der Waals surface area contributed by atoms with E-state index in [1.54, 1.807) is 30.3 Å². The maximum atomic E-state index is 13.1. The number of carbonyl (C=O) groups is 1. The van der Waals surface area contributed by atoms with Crippen LogP contribution in [0.5, 0.6) is 11.6 Å². The van der Waals surface area contributed by atoms with Crippen LogP contribution in [0.2, 0.25) is 5.02 Å². The van der Waals surface area contributed by atoms with Gasteiger partial charge in [-0.3, -0.25) is 9.36 Å². The number of benzene rings is 1. The molecule has 0 aliphatic rings. The van der Waals surface area contributed by atoms with Gasteiger partial charge in [-0.15, -0.1) is 21.5 Å². The number of nitrogens with zero attached hydrogens (tertiary/aromatic N) is 3. The summed E-state index contributed by atoms with van der Waals surface area (Å²) in [5.41, 5.74) is 2.44. The Hall–Kier alpha value is -2.68. The molecule has 6 nitrogen and oxygen atoms in total. The summed E-state index contributed by atoms with van der Waals surface area (Å²) in [6, 6.07) is 10.3. The number of aryl methyl sites for hydroxylation is 1. The van der Waals surface area contributed by atoms with E-state index in [4.69, 9.17) is 11.6 Å². The van der Waals surface area contributed by atoms with Crippen LogP contribution in [-0.4, -0.2) is 30.8 Å². The number of aromatic hydroxyl groups is 2. The van der Waals surface area contributed by atoms with Gasteiger partial charge >= 0.3 is 0 Å². The number of carbonyl (C=O) groups excluding carboxylic acids is 1. The van der Waals surface area contributed by atoms with E-state index in [1.165, 1.54) is 32.8 Å². The predicted octanol–water partition coefficient (Wildman–Crippen LogP) is 4.66. The van der Waals surface area contributed by atoms with E-state index in [1.807, 2.05) is 13.0 Å². The van der Waals surface area contributed by atoms with Gasteiger partial charge in [0.2, 0.25) is 16.8 Å². The predicted molar refractivity (Wildman–Crippen MR) is 106 cm³/mol. The molecule has 2 N–H and O–H groups in total. The molecule has 0 bridgehead atoms. The molecule has 0 aliphatic carbocycles. The van der Waals surface area contributed by atoms with E-state index >= 15 is 0 Å². The summed E-state index contributed by atoms with van der Waals surface area (Å²) < 4.78 is 1.32. The highest BCUT2D eigenvalue weighted by Crippen LogP contribution is 2.44. The molecule has 0 radical (unpaired) electrons. The van der Waals surface area contributed by atoms with Crippen LogP contribution in [0, 0.1) is 6.92 Å². The van der Waals surface area contributed by atoms with Gasteiger partial charge in [0.25, 0.3) is 0 Å². The van der Waals surface area contributed by atoms with E-state index in [9.17, 15) is 15.0 Å². The summed E-state index contributed by atoms with van der Waals surface area (Å²) >= 11 is 8.48. The number of ketones is 1. The average Bonchev–Trinajstić information content (AvgIpc) is 3.37. The van der Waals surface area contributed by atoms with Gasteiger partial charge in [-0.1, -0.05) is 35.1 Å². The van der Waals surface area contributed by atoms with E-state index in [-0.39, 0.29) is 11.3 Å². The van der Waals surface area contributed by atoms with Crippen LogP contribution in [0.3, 0.4) is 0 Å². The van der Waals surface area contributed by atoms with Crippen molar-refractivity contribution in [2.24, 2.45) is 0 Å². The molecule has 0 spiro atoms. The molecule has 0 fully saturated rings. The fraction of sp³-hybridized carbons (Fsp3) is 0.0556. The van der Waals surface area contributed by atoms with Gasteiger partial charge in [0.05, 0.1) is 16.1 Å². The Balaban J connectivity index is 2.02. The first-order valence-electron chi connectivity index (χ1n) is 7.77. The molecular formula is C18H12ClN3O3S2. The first-order valence-corrected chi connectivity index (χ1v) is 9.85. The zero-order chi connectivity index (χ0) is 19.1. The van der Waals surface area contributed by atoms with Crippen molar-refractivity contribution in [2.75, 3.05) is 0 Å². The lowest BCUT2D eigenvalue weighted by Gasteiger charge is -2.08. The normalized spacial score (nSPS) is 11.0. The molecule has 27 heavy (non-hydrogen) atoms. The molecule has 3 heterocycles. The Bertz CT molecular complexity index is 1130. The Morgan fingerprint density at radius 3 is 2.48 bits per heavy atom. The molecule has 0 unspecified atom stereocenters. The number of rotatable bonds is 4. The van der Waals surface area contributed by atoms with E-state index in [0.717, 1.165) is 4.88 Å². The highest BCUT2D eigenvalue weighted by Gasteiger charge is 2.31. The molecule has 3 aromatic heterocycles. The molecular weight excluding hydrogens is 406 g/mol. The number of thiophene rings is 1. The second-order valence-corrected chi connectivity index (χ2v) is 8.23. The maximum absolute atomic E-state index is 13.1. The largest absolute Gasteiger partial charge is 0.503 e. The van der Waals surface area contributed by atoms with Gasteiger partial charge in [0.1, 0.15) is 5.51 Å². The van der Waals surface area contributed by atoms with Gasteiger partial charge in [0.15, 0.2) is 5.75 Å². The third-order valence-electron chi connectivity index (χ3n) is 3.97. The van der Waals surface area contributed by atoms with Crippen molar-refractivity contribution in [3.8, 4) is 28.0 Å². The topological polar surface area (TPSA) is 88.2 Å². The molecule has 9 heteroatoms. The van der Waals surface area contributed by atoms with Crippen LogP contribution >= 0.6 is 34.3 Å². The molecule has 0 amide bonds. The Kier molecular flexibility index (Phi) is 4.47. The zero-order valence-electron chi connectivity index (χ0n) is 13.9. The van der Waals surface area contributed by atoms with E-state index < -0.39 is 11.6 Å². The second-order valence-electron chi connectivity index (χ2n) is 5.70. The number of aromatic nitrogens is 3. The second kappa shape index (κ2) is 6.80. The third kappa shape index (κ3) is 3.01. The Morgan fingerprint density at radius 2 is 1.89 bits per heavy atom. The third-order valence-corrected chi connectivity index (χ3v) is 5.90. The van der Waals surface area contributed by atoms with Crippen molar-refractivity contribution < 1.29 is 15.0 Å². The highest BCUT2D eigenvalue weighted by atomic mass is 35.5. The Labute approximate surface area is 166 Å². The van der Waals surface area contributed by atoms with Crippen molar-refractivity contribution >= 4 is 40.1 Å². The standard InChI is InChI=1S/C18H12ClN3O3S2/c1-9-2-7-12(27-9)15(23)13-14(10-3-5-11(19)6-4-10)22(17(25)16(13)24)18-21-20-8-26-18/h2-8,24-25H,1H3. The maximum Gasteiger partial charge on any atom is 0.242 e. The summed E-state index contributed by atoms with van der Waals surface area (Å²) in [4.78, 5) is 14.6. The highest BCUT2D eigenvalue weighted by molar-refractivity contribution is 7.14. The molecule has 4 aromatic rings. The molecule has 0 atom stereocenters. The molecule has 0 saturated carbocycles. The van der Waals surface area contributed by atoms with Crippen LogP contribution in [0.25, 0.3) is 16.4 Å². The number of halogens is 1. The van der Waals surface area contributed by atoms with Crippen LogP contribution in [0.1, 0.15) is 20.1 Å². The summed E-state index contributed by atoms with van der Waals surface area (Å²) in [5.74, 6) is -1.34. The summed E-state index contributed by atoms with van der Waals surface area (Å²) in [7, 11) is 0. The first-order chi connectivity index (χ1) is 13.0. The average molecular weight is 418 g/mol. The smallest absolute Gasteiger partial charge is 0.242 e. The molecule has 0 aliphatic heterocycles. The van der Waals surface area contributed by atoms with Crippen molar-refractivity contribution in [1.29, 1.82) is 0 Å². The SMILES string of the molecule is Cc1ccc(C(=O)c2c(O)c(O)n(-c3nncs3)c2-c2ccc(Cl)cc2)s1. The minimum atomic E-state index is -0.494. The quantitative estimate of drug-likeness (QED) is 0.471. The van der Waals surface area contributed by atoms with E-state index in [2.05, 4.69) is 10.2 Å². The number of hydrogen-bond acceptors (Lipinski definition) is 7. The lowest BCUT2D eigenvalue weighted by molar-refractivity contribution is 0.104. The van der Waals surface area contributed by atoms with Gasteiger partial charge < -0.3 is 10.2 Å². The minimum Gasteiger partial charge on any atom is -0.503 e. The van der Waals surface area contributed by atoms with Crippen molar-refractivity contribution in [3.63, 3.8) is 0 Å². The van der Waals surface area contributed by atoms with Gasteiger partial charge in [-0.2, -0.15) is 0 Å². The fourth-order valence-electron chi connectivity index (χ4n) is 2.77.